The van der Waals surface area contributed by atoms with Gasteiger partial charge >= 0.3 is 0 Å². The molecule has 0 bridgehead atoms. The van der Waals surface area contributed by atoms with E-state index >= 15 is 0 Å². The summed E-state index contributed by atoms with van der Waals surface area (Å²) in [6.45, 7) is 10.1. The van der Waals surface area contributed by atoms with Gasteiger partial charge in [0, 0.05) is 13.6 Å². The van der Waals surface area contributed by atoms with Gasteiger partial charge in [-0.2, -0.15) is 5.10 Å². The van der Waals surface area contributed by atoms with Gasteiger partial charge in [0.25, 0.3) is 0 Å². The number of nitrogens with zero attached hydrogens (tertiary/aromatic N) is 3. The molecule has 0 saturated carbocycles. The summed E-state index contributed by atoms with van der Waals surface area (Å²) in [6, 6.07) is 0. The minimum absolute atomic E-state index is 0.360. The van der Waals surface area contributed by atoms with E-state index in [0.29, 0.717) is 11.6 Å². The van der Waals surface area contributed by atoms with Crippen molar-refractivity contribution in [1.29, 1.82) is 0 Å². The smallest absolute Gasteiger partial charge is 0.119 e. The Morgan fingerprint density at radius 2 is 2.00 bits per heavy atom. The molecule has 14 heavy (non-hydrogen) atoms. The Morgan fingerprint density at radius 3 is 2.50 bits per heavy atom. The van der Waals surface area contributed by atoms with Crippen molar-refractivity contribution in [3.8, 4) is 0 Å². The van der Waals surface area contributed by atoms with Crippen molar-refractivity contribution >= 4 is 6.34 Å². The summed E-state index contributed by atoms with van der Waals surface area (Å²) in [5, 5.41) is 6.61. The van der Waals surface area contributed by atoms with Crippen molar-refractivity contribution in [3.63, 3.8) is 0 Å². The zero-order chi connectivity index (χ0) is 10.8. The van der Waals surface area contributed by atoms with Crippen molar-refractivity contribution in [2.24, 2.45) is 10.5 Å². The predicted molar refractivity (Wildman–Crippen MR) is 61.1 cm³/mol. The highest BCUT2D eigenvalue weighted by molar-refractivity contribution is 5.56. The van der Waals surface area contributed by atoms with E-state index in [1.807, 2.05) is 6.34 Å². The van der Waals surface area contributed by atoms with Crippen molar-refractivity contribution in [2.75, 3.05) is 13.6 Å². The van der Waals surface area contributed by atoms with Gasteiger partial charge in [0.2, 0.25) is 0 Å². The van der Waals surface area contributed by atoms with Gasteiger partial charge in [-0.15, -0.1) is 0 Å². The van der Waals surface area contributed by atoms with Crippen LogP contribution in [-0.2, 0) is 0 Å². The van der Waals surface area contributed by atoms with Crippen LogP contribution in [-0.4, -0.2) is 36.0 Å². The van der Waals surface area contributed by atoms with Gasteiger partial charge in [-0.05, 0) is 18.3 Å². The Bertz CT molecular complexity index is 205. The first kappa shape index (κ1) is 11.3. The molecule has 0 saturated heterocycles. The Kier molecular flexibility index (Phi) is 3.40. The van der Waals surface area contributed by atoms with Crippen LogP contribution in [0.2, 0.25) is 0 Å². The second kappa shape index (κ2) is 4.20. The molecule has 0 fully saturated rings. The standard InChI is InChI=1S/C11H23N3/c1-6-7-14-10(8-11(2,3)4)13(5)9-12-14/h9-10H,6-8H2,1-5H3. The van der Waals surface area contributed by atoms with Crippen molar-refractivity contribution in [2.45, 2.75) is 46.7 Å². The maximum absolute atomic E-state index is 4.41. The molecule has 0 aromatic rings. The molecule has 3 heteroatoms. The summed E-state index contributed by atoms with van der Waals surface area (Å²) in [5.41, 5.74) is 0.360. The molecular weight excluding hydrogens is 174 g/mol. The fraction of sp³-hybridized carbons (Fsp3) is 0.909. The van der Waals surface area contributed by atoms with Gasteiger partial charge < -0.3 is 4.90 Å². The van der Waals surface area contributed by atoms with E-state index in [0.717, 1.165) is 19.4 Å². The minimum atomic E-state index is 0.360. The average molecular weight is 197 g/mol. The second-order valence-corrected chi connectivity index (χ2v) is 5.30. The third-order valence-electron chi connectivity index (χ3n) is 2.44. The molecule has 82 valence electrons. The maximum atomic E-state index is 4.41. The summed E-state index contributed by atoms with van der Waals surface area (Å²) in [4.78, 5) is 2.21. The summed E-state index contributed by atoms with van der Waals surface area (Å²) in [5.74, 6) is 0. The lowest BCUT2D eigenvalue weighted by Crippen LogP contribution is -2.40. The molecular formula is C11H23N3. The van der Waals surface area contributed by atoms with Crippen LogP contribution in [0.15, 0.2) is 5.10 Å². The summed E-state index contributed by atoms with van der Waals surface area (Å²) >= 11 is 0. The number of hydrogen-bond donors (Lipinski definition) is 0. The largest absolute Gasteiger partial charge is 0.343 e. The van der Waals surface area contributed by atoms with Crippen LogP contribution >= 0.6 is 0 Å². The lowest BCUT2D eigenvalue weighted by atomic mass is 9.90. The quantitative estimate of drug-likeness (QED) is 0.691. The van der Waals surface area contributed by atoms with Crippen LogP contribution < -0.4 is 0 Å². The molecule has 1 heterocycles. The van der Waals surface area contributed by atoms with Crippen LogP contribution in [0.1, 0.15) is 40.5 Å². The van der Waals surface area contributed by atoms with E-state index in [1.54, 1.807) is 0 Å². The van der Waals surface area contributed by atoms with Crippen molar-refractivity contribution in [3.05, 3.63) is 0 Å². The molecule has 1 atom stereocenters. The Hall–Kier alpha value is -0.730. The first-order chi connectivity index (χ1) is 6.44. The van der Waals surface area contributed by atoms with Crippen LogP contribution in [0.3, 0.4) is 0 Å². The fourth-order valence-corrected chi connectivity index (χ4v) is 1.74. The van der Waals surface area contributed by atoms with Gasteiger partial charge in [-0.25, -0.2) is 0 Å². The van der Waals surface area contributed by atoms with E-state index < -0.39 is 0 Å². The molecule has 0 aromatic carbocycles. The van der Waals surface area contributed by atoms with Crippen LogP contribution in [0, 0.1) is 5.41 Å². The van der Waals surface area contributed by atoms with E-state index in [9.17, 15) is 0 Å². The van der Waals surface area contributed by atoms with Crippen molar-refractivity contribution in [1.82, 2.24) is 9.91 Å². The molecule has 0 radical (unpaired) electrons. The number of rotatable bonds is 3. The minimum Gasteiger partial charge on any atom is -0.343 e. The lowest BCUT2D eigenvalue weighted by Gasteiger charge is -2.33. The van der Waals surface area contributed by atoms with Gasteiger partial charge in [0.05, 0.1) is 0 Å². The first-order valence-corrected chi connectivity index (χ1v) is 5.47. The molecule has 0 aliphatic carbocycles. The lowest BCUT2D eigenvalue weighted by molar-refractivity contribution is 0.101. The van der Waals surface area contributed by atoms with E-state index in [1.165, 1.54) is 0 Å². The Morgan fingerprint density at radius 1 is 1.36 bits per heavy atom. The van der Waals surface area contributed by atoms with E-state index in [-0.39, 0.29) is 0 Å². The van der Waals surface area contributed by atoms with E-state index in [4.69, 9.17) is 0 Å². The third-order valence-corrected chi connectivity index (χ3v) is 2.44. The molecule has 0 aromatic heterocycles. The summed E-state index contributed by atoms with van der Waals surface area (Å²) in [6.07, 6.45) is 4.71. The van der Waals surface area contributed by atoms with Gasteiger partial charge in [-0.1, -0.05) is 27.7 Å². The topological polar surface area (TPSA) is 18.8 Å². The highest BCUT2D eigenvalue weighted by Crippen LogP contribution is 2.26. The zero-order valence-electron chi connectivity index (χ0n) is 10.1. The van der Waals surface area contributed by atoms with Crippen LogP contribution in [0.4, 0.5) is 0 Å². The Labute approximate surface area is 87.8 Å². The van der Waals surface area contributed by atoms with Crippen LogP contribution in [0.5, 0.6) is 0 Å². The fourth-order valence-electron chi connectivity index (χ4n) is 1.74. The molecule has 1 rings (SSSR count). The molecule has 0 N–H and O–H groups in total. The molecule has 1 aliphatic heterocycles. The highest BCUT2D eigenvalue weighted by Gasteiger charge is 2.28. The van der Waals surface area contributed by atoms with Gasteiger partial charge in [-0.3, -0.25) is 5.01 Å². The maximum Gasteiger partial charge on any atom is 0.119 e. The molecule has 1 aliphatic rings. The highest BCUT2D eigenvalue weighted by atomic mass is 15.6. The zero-order valence-corrected chi connectivity index (χ0v) is 10.1. The normalized spacial score (nSPS) is 22.2. The molecule has 1 unspecified atom stereocenters. The first-order valence-electron chi connectivity index (χ1n) is 5.47. The summed E-state index contributed by atoms with van der Waals surface area (Å²) in [7, 11) is 2.11. The summed E-state index contributed by atoms with van der Waals surface area (Å²) < 4.78 is 0. The molecule has 3 nitrogen and oxygen atoms in total. The number of hydrazone groups is 1. The van der Waals surface area contributed by atoms with Gasteiger partial charge in [0.1, 0.15) is 12.5 Å². The average Bonchev–Trinajstić information content (AvgIpc) is 2.34. The molecule has 0 spiro atoms. The van der Waals surface area contributed by atoms with Crippen LogP contribution in [0.25, 0.3) is 0 Å². The monoisotopic (exact) mass is 197 g/mol. The number of hydrogen-bond acceptors (Lipinski definition) is 3. The second-order valence-electron chi connectivity index (χ2n) is 5.30. The predicted octanol–water partition coefficient (Wildman–Crippen LogP) is 2.35. The Balaban J connectivity index is 2.56. The SMILES string of the molecule is CCCN1N=CN(C)C1CC(C)(C)C. The van der Waals surface area contributed by atoms with Gasteiger partial charge in [0.15, 0.2) is 0 Å². The third kappa shape index (κ3) is 2.89. The van der Waals surface area contributed by atoms with E-state index in [2.05, 4.69) is 49.8 Å². The van der Waals surface area contributed by atoms with Crippen molar-refractivity contribution < 1.29 is 0 Å². The molecule has 0 amide bonds.